The van der Waals surface area contributed by atoms with E-state index in [0.717, 1.165) is 13.1 Å². The lowest BCUT2D eigenvalue weighted by Gasteiger charge is -2.37. The Labute approximate surface area is 79.2 Å². The average Bonchev–Trinajstić information content (AvgIpc) is 2.13. The summed E-state index contributed by atoms with van der Waals surface area (Å²) in [5.74, 6) is -0.139. The molecule has 1 heterocycles. The van der Waals surface area contributed by atoms with Crippen LogP contribution in [0.15, 0.2) is 0 Å². The van der Waals surface area contributed by atoms with E-state index in [0.29, 0.717) is 12.5 Å². The highest BCUT2D eigenvalue weighted by Gasteiger charge is 2.26. The minimum atomic E-state index is -0.139. The number of piperazine rings is 1. The maximum Gasteiger partial charge on any atom is 0.307 e. The Kier molecular flexibility index (Phi) is 3.69. The van der Waals surface area contributed by atoms with Gasteiger partial charge in [0, 0.05) is 25.2 Å². The number of nitrogens with zero attached hydrogens (tertiary/aromatic N) is 1. The molecule has 1 saturated heterocycles. The van der Waals surface area contributed by atoms with Crippen molar-refractivity contribution in [2.24, 2.45) is 0 Å². The highest BCUT2D eigenvalue weighted by atomic mass is 16.5. The second-order valence-electron chi connectivity index (χ2n) is 3.56. The summed E-state index contributed by atoms with van der Waals surface area (Å²) in [7, 11) is 3.51. The van der Waals surface area contributed by atoms with Crippen LogP contribution >= 0.6 is 0 Å². The van der Waals surface area contributed by atoms with Crippen molar-refractivity contribution in [1.82, 2.24) is 10.2 Å². The molecule has 1 aliphatic rings. The number of methoxy groups -OCH3 is 1. The van der Waals surface area contributed by atoms with Gasteiger partial charge in [-0.1, -0.05) is 0 Å². The average molecular weight is 186 g/mol. The van der Waals surface area contributed by atoms with Gasteiger partial charge in [0.1, 0.15) is 0 Å². The fourth-order valence-electron chi connectivity index (χ4n) is 1.61. The molecule has 4 heteroatoms. The second kappa shape index (κ2) is 4.58. The number of rotatable bonds is 2. The number of nitrogens with one attached hydrogen (secondary N) is 1. The van der Waals surface area contributed by atoms with Crippen molar-refractivity contribution in [2.75, 3.05) is 27.2 Å². The predicted molar refractivity (Wildman–Crippen MR) is 50.5 cm³/mol. The van der Waals surface area contributed by atoms with Gasteiger partial charge in [-0.3, -0.25) is 4.79 Å². The standard InChI is InChI=1S/C9H18N2O2/c1-7-8(6-9(12)13-3)10-4-5-11(7)2/h7-8,10H,4-6H2,1-3H3. The number of carbonyl (C=O) groups is 1. The zero-order valence-electron chi connectivity index (χ0n) is 8.54. The van der Waals surface area contributed by atoms with Gasteiger partial charge in [-0.2, -0.15) is 0 Å². The third-order valence-electron chi connectivity index (χ3n) is 2.76. The van der Waals surface area contributed by atoms with Crippen molar-refractivity contribution in [2.45, 2.75) is 25.4 Å². The normalized spacial score (nSPS) is 30.1. The van der Waals surface area contributed by atoms with Gasteiger partial charge >= 0.3 is 5.97 Å². The largest absolute Gasteiger partial charge is 0.469 e. The van der Waals surface area contributed by atoms with Crippen molar-refractivity contribution in [1.29, 1.82) is 0 Å². The van der Waals surface area contributed by atoms with Crippen molar-refractivity contribution in [3.8, 4) is 0 Å². The molecule has 2 atom stereocenters. The molecule has 0 radical (unpaired) electrons. The minimum Gasteiger partial charge on any atom is -0.469 e. The summed E-state index contributed by atoms with van der Waals surface area (Å²) >= 11 is 0. The number of hydrogen-bond donors (Lipinski definition) is 1. The lowest BCUT2D eigenvalue weighted by molar-refractivity contribution is -0.141. The van der Waals surface area contributed by atoms with Gasteiger partial charge in [0.15, 0.2) is 0 Å². The molecule has 1 fully saturated rings. The third-order valence-corrected chi connectivity index (χ3v) is 2.76. The Morgan fingerprint density at radius 2 is 2.38 bits per heavy atom. The maximum absolute atomic E-state index is 11.1. The molecule has 0 aromatic rings. The van der Waals surface area contributed by atoms with Gasteiger partial charge in [0.05, 0.1) is 13.5 Å². The van der Waals surface area contributed by atoms with E-state index in [1.54, 1.807) is 0 Å². The minimum absolute atomic E-state index is 0.139. The first-order valence-corrected chi connectivity index (χ1v) is 4.65. The van der Waals surface area contributed by atoms with E-state index in [2.05, 4.69) is 28.9 Å². The van der Waals surface area contributed by atoms with Gasteiger partial charge in [-0.25, -0.2) is 0 Å². The van der Waals surface area contributed by atoms with Crippen LogP contribution in [0, 0.1) is 0 Å². The molecule has 0 aliphatic carbocycles. The number of likely N-dealkylation sites (N-methyl/N-ethyl adjacent to an activating group) is 1. The molecule has 0 saturated carbocycles. The van der Waals surface area contributed by atoms with E-state index < -0.39 is 0 Å². The Morgan fingerprint density at radius 1 is 1.69 bits per heavy atom. The molecule has 1 aliphatic heterocycles. The Hall–Kier alpha value is -0.610. The molecule has 1 N–H and O–H groups in total. The van der Waals surface area contributed by atoms with Gasteiger partial charge in [0.25, 0.3) is 0 Å². The molecule has 0 aromatic carbocycles. The number of carbonyl (C=O) groups excluding carboxylic acids is 1. The first-order chi connectivity index (χ1) is 6.15. The highest BCUT2D eigenvalue weighted by Crippen LogP contribution is 2.10. The summed E-state index contributed by atoms with van der Waals surface area (Å²) in [4.78, 5) is 13.3. The molecule has 13 heavy (non-hydrogen) atoms. The van der Waals surface area contributed by atoms with Crippen molar-refractivity contribution < 1.29 is 9.53 Å². The maximum atomic E-state index is 11.1. The van der Waals surface area contributed by atoms with Crippen LogP contribution < -0.4 is 5.32 Å². The molecule has 0 bridgehead atoms. The number of esters is 1. The summed E-state index contributed by atoms with van der Waals surface area (Å²) in [6, 6.07) is 0.624. The zero-order valence-corrected chi connectivity index (χ0v) is 8.54. The highest BCUT2D eigenvalue weighted by molar-refractivity contribution is 5.70. The Balaban J connectivity index is 2.43. The smallest absolute Gasteiger partial charge is 0.307 e. The topological polar surface area (TPSA) is 41.6 Å². The van der Waals surface area contributed by atoms with Crippen LogP contribution in [0.5, 0.6) is 0 Å². The number of hydrogen-bond acceptors (Lipinski definition) is 4. The van der Waals surface area contributed by atoms with Crippen molar-refractivity contribution in [3.05, 3.63) is 0 Å². The van der Waals surface area contributed by atoms with Crippen molar-refractivity contribution in [3.63, 3.8) is 0 Å². The molecule has 0 spiro atoms. The third kappa shape index (κ3) is 2.67. The van der Waals surface area contributed by atoms with Crippen LogP contribution in [-0.2, 0) is 9.53 Å². The quantitative estimate of drug-likeness (QED) is 0.609. The predicted octanol–water partition coefficient (Wildman–Crippen LogP) is -0.158. The second-order valence-corrected chi connectivity index (χ2v) is 3.56. The Bertz CT molecular complexity index is 184. The van der Waals surface area contributed by atoms with Crippen LogP contribution in [0.4, 0.5) is 0 Å². The molecular formula is C9H18N2O2. The van der Waals surface area contributed by atoms with E-state index >= 15 is 0 Å². The fraction of sp³-hybridized carbons (Fsp3) is 0.889. The van der Waals surface area contributed by atoms with E-state index in [1.165, 1.54) is 7.11 Å². The molecule has 76 valence electrons. The van der Waals surface area contributed by atoms with Crippen LogP contribution in [0.3, 0.4) is 0 Å². The monoisotopic (exact) mass is 186 g/mol. The zero-order chi connectivity index (χ0) is 9.84. The first kappa shape index (κ1) is 10.5. The molecule has 0 aromatic heterocycles. The molecule has 2 unspecified atom stereocenters. The van der Waals surface area contributed by atoms with Gasteiger partial charge in [-0.15, -0.1) is 0 Å². The molecule has 1 rings (SSSR count). The van der Waals surface area contributed by atoms with Gasteiger partial charge in [0.2, 0.25) is 0 Å². The molecule has 4 nitrogen and oxygen atoms in total. The molecular weight excluding hydrogens is 168 g/mol. The fourth-order valence-corrected chi connectivity index (χ4v) is 1.61. The van der Waals surface area contributed by atoms with Crippen LogP contribution in [0.1, 0.15) is 13.3 Å². The number of ether oxygens (including phenoxy) is 1. The molecule has 0 amide bonds. The SMILES string of the molecule is COC(=O)CC1NCCN(C)C1C. The summed E-state index contributed by atoms with van der Waals surface area (Å²) in [5.41, 5.74) is 0. The Morgan fingerprint density at radius 3 is 3.00 bits per heavy atom. The van der Waals surface area contributed by atoms with E-state index in [9.17, 15) is 4.79 Å². The summed E-state index contributed by atoms with van der Waals surface area (Å²) in [5, 5.41) is 3.32. The van der Waals surface area contributed by atoms with E-state index in [1.807, 2.05) is 0 Å². The van der Waals surface area contributed by atoms with Crippen LogP contribution in [0.2, 0.25) is 0 Å². The van der Waals surface area contributed by atoms with E-state index in [4.69, 9.17) is 0 Å². The van der Waals surface area contributed by atoms with Crippen molar-refractivity contribution >= 4 is 5.97 Å². The van der Waals surface area contributed by atoms with Gasteiger partial charge in [-0.05, 0) is 14.0 Å². The first-order valence-electron chi connectivity index (χ1n) is 4.65. The lowest BCUT2D eigenvalue weighted by atomic mass is 10.0. The van der Waals surface area contributed by atoms with Crippen LogP contribution in [0.25, 0.3) is 0 Å². The summed E-state index contributed by atoms with van der Waals surface area (Å²) in [6.45, 7) is 4.11. The summed E-state index contributed by atoms with van der Waals surface area (Å²) < 4.78 is 4.64. The summed E-state index contributed by atoms with van der Waals surface area (Å²) in [6.07, 6.45) is 0.460. The van der Waals surface area contributed by atoms with Crippen LogP contribution in [-0.4, -0.2) is 50.2 Å². The van der Waals surface area contributed by atoms with E-state index in [-0.39, 0.29) is 12.0 Å². The lowest BCUT2D eigenvalue weighted by Crippen LogP contribution is -2.55. The van der Waals surface area contributed by atoms with Gasteiger partial charge < -0.3 is 15.0 Å².